The molecule has 1 aromatic carbocycles. The molecule has 86 valence electrons. The fraction of sp³-hybridized carbons (Fsp3) is 0.462. The molecule has 0 fully saturated rings. The first-order valence-electron chi connectivity index (χ1n) is 5.40. The highest BCUT2D eigenvalue weighted by atomic mass is 16.5. The van der Waals surface area contributed by atoms with E-state index in [1.807, 2.05) is 33.8 Å². The Labute approximate surface area is 96.6 Å². The Morgan fingerprint density at radius 1 is 1.06 bits per heavy atom. The first-order chi connectivity index (χ1) is 7.52. The average Bonchev–Trinajstić information content (AvgIpc) is 2.18. The van der Waals surface area contributed by atoms with Crippen molar-refractivity contribution in [1.29, 1.82) is 5.26 Å². The fourth-order valence-electron chi connectivity index (χ4n) is 1.30. The average molecular weight is 219 g/mol. The van der Waals surface area contributed by atoms with Gasteiger partial charge in [-0.05, 0) is 39.8 Å². The maximum atomic E-state index is 9.00. The van der Waals surface area contributed by atoms with Crippen molar-refractivity contribution in [2.75, 3.05) is 0 Å². The lowest BCUT2D eigenvalue weighted by Crippen LogP contribution is -2.08. The van der Waals surface area contributed by atoms with Gasteiger partial charge in [0.1, 0.15) is 17.6 Å². The third-order valence-corrected chi connectivity index (χ3v) is 1.81. The van der Waals surface area contributed by atoms with Crippen LogP contribution in [0.3, 0.4) is 0 Å². The SMILES string of the molecule is CC(C)Oc1ccc(OC(C)C)c(C#N)c1. The number of ether oxygens (including phenoxy) is 2. The molecule has 0 aromatic heterocycles. The molecule has 3 nitrogen and oxygen atoms in total. The van der Waals surface area contributed by atoms with Crippen molar-refractivity contribution in [1.82, 2.24) is 0 Å². The molecule has 1 rings (SSSR count). The second-order valence-corrected chi connectivity index (χ2v) is 4.10. The summed E-state index contributed by atoms with van der Waals surface area (Å²) in [5.41, 5.74) is 0.506. The van der Waals surface area contributed by atoms with Gasteiger partial charge in [0.05, 0.1) is 17.8 Å². The Bertz CT molecular complexity index is 391. The van der Waals surface area contributed by atoms with Crippen molar-refractivity contribution in [3.63, 3.8) is 0 Å². The highest BCUT2D eigenvalue weighted by Gasteiger charge is 2.07. The van der Waals surface area contributed by atoms with Gasteiger partial charge in [-0.3, -0.25) is 0 Å². The quantitative estimate of drug-likeness (QED) is 0.781. The lowest BCUT2D eigenvalue weighted by atomic mass is 10.2. The van der Waals surface area contributed by atoms with Crippen molar-refractivity contribution in [2.24, 2.45) is 0 Å². The number of nitrogens with zero attached hydrogens (tertiary/aromatic N) is 1. The van der Waals surface area contributed by atoms with E-state index >= 15 is 0 Å². The van der Waals surface area contributed by atoms with Gasteiger partial charge in [-0.25, -0.2) is 0 Å². The predicted octanol–water partition coefficient (Wildman–Crippen LogP) is 3.13. The van der Waals surface area contributed by atoms with Gasteiger partial charge in [0, 0.05) is 6.07 Å². The highest BCUT2D eigenvalue weighted by Crippen LogP contribution is 2.25. The molecule has 0 aliphatic carbocycles. The summed E-state index contributed by atoms with van der Waals surface area (Å²) in [6.07, 6.45) is 0.160. The van der Waals surface area contributed by atoms with E-state index in [-0.39, 0.29) is 12.2 Å². The van der Waals surface area contributed by atoms with E-state index in [1.165, 1.54) is 0 Å². The van der Waals surface area contributed by atoms with E-state index in [9.17, 15) is 0 Å². The number of hydrogen-bond donors (Lipinski definition) is 0. The van der Waals surface area contributed by atoms with Crippen molar-refractivity contribution in [3.05, 3.63) is 23.8 Å². The summed E-state index contributed by atoms with van der Waals surface area (Å²) in [6.45, 7) is 7.76. The topological polar surface area (TPSA) is 42.2 Å². The Morgan fingerprint density at radius 3 is 2.19 bits per heavy atom. The largest absolute Gasteiger partial charge is 0.491 e. The van der Waals surface area contributed by atoms with Crippen molar-refractivity contribution in [2.45, 2.75) is 39.9 Å². The third-order valence-electron chi connectivity index (χ3n) is 1.81. The number of rotatable bonds is 4. The minimum absolute atomic E-state index is 0.0592. The molecule has 0 aliphatic rings. The number of nitriles is 1. The lowest BCUT2D eigenvalue weighted by Gasteiger charge is -2.14. The molecule has 0 atom stereocenters. The third kappa shape index (κ3) is 3.47. The molecule has 0 unspecified atom stereocenters. The van der Waals surface area contributed by atoms with E-state index in [0.29, 0.717) is 17.1 Å². The van der Waals surface area contributed by atoms with E-state index in [1.54, 1.807) is 12.1 Å². The van der Waals surface area contributed by atoms with Gasteiger partial charge in [0.15, 0.2) is 0 Å². The minimum Gasteiger partial charge on any atom is -0.491 e. The summed E-state index contributed by atoms with van der Waals surface area (Å²) in [6, 6.07) is 7.41. The van der Waals surface area contributed by atoms with Gasteiger partial charge in [-0.2, -0.15) is 5.26 Å². The smallest absolute Gasteiger partial charge is 0.137 e. The molecule has 0 saturated heterocycles. The summed E-state index contributed by atoms with van der Waals surface area (Å²) < 4.78 is 11.0. The van der Waals surface area contributed by atoms with Crippen LogP contribution in [-0.2, 0) is 0 Å². The Morgan fingerprint density at radius 2 is 1.69 bits per heavy atom. The van der Waals surface area contributed by atoms with Crippen molar-refractivity contribution >= 4 is 0 Å². The first-order valence-corrected chi connectivity index (χ1v) is 5.40. The van der Waals surface area contributed by atoms with Crippen LogP contribution in [0.1, 0.15) is 33.3 Å². The van der Waals surface area contributed by atoms with E-state index in [0.717, 1.165) is 0 Å². The summed E-state index contributed by atoms with van der Waals surface area (Å²) in [5.74, 6) is 1.30. The Balaban J connectivity index is 2.94. The zero-order valence-electron chi connectivity index (χ0n) is 10.2. The van der Waals surface area contributed by atoms with Crippen LogP contribution in [0.2, 0.25) is 0 Å². The number of benzene rings is 1. The Kier molecular flexibility index (Phi) is 4.19. The molecule has 1 aromatic rings. The van der Waals surface area contributed by atoms with Crippen molar-refractivity contribution in [3.8, 4) is 17.6 Å². The van der Waals surface area contributed by atoms with Gasteiger partial charge in [0.2, 0.25) is 0 Å². The van der Waals surface area contributed by atoms with Crippen LogP contribution in [0.5, 0.6) is 11.5 Å². The molecule has 3 heteroatoms. The highest BCUT2D eigenvalue weighted by molar-refractivity contribution is 5.47. The van der Waals surface area contributed by atoms with Gasteiger partial charge < -0.3 is 9.47 Å². The molecule has 0 saturated carbocycles. The molecule has 0 aliphatic heterocycles. The molecule has 16 heavy (non-hydrogen) atoms. The molecule has 0 bridgehead atoms. The second-order valence-electron chi connectivity index (χ2n) is 4.10. The van der Waals surface area contributed by atoms with Gasteiger partial charge in [-0.15, -0.1) is 0 Å². The van der Waals surface area contributed by atoms with E-state index < -0.39 is 0 Å². The van der Waals surface area contributed by atoms with Crippen LogP contribution >= 0.6 is 0 Å². The van der Waals surface area contributed by atoms with Crippen LogP contribution in [0, 0.1) is 11.3 Å². The van der Waals surface area contributed by atoms with Crippen LogP contribution in [0.4, 0.5) is 0 Å². The van der Waals surface area contributed by atoms with Gasteiger partial charge in [0.25, 0.3) is 0 Å². The standard InChI is InChI=1S/C13H17NO2/c1-9(2)15-12-5-6-13(16-10(3)4)11(7-12)8-14/h5-7,9-10H,1-4H3. The molecule has 0 amide bonds. The zero-order valence-corrected chi connectivity index (χ0v) is 10.2. The molecule has 0 radical (unpaired) electrons. The summed E-state index contributed by atoms with van der Waals surface area (Å²) in [5, 5.41) is 9.00. The summed E-state index contributed by atoms with van der Waals surface area (Å²) in [7, 11) is 0. The maximum absolute atomic E-state index is 9.00. The van der Waals surface area contributed by atoms with Gasteiger partial charge in [-0.1, -0.05) is 0 Å². The minimum atomic E-state index is 0.0592. The monoisotopic (exact) mass is 219 g/mol. The molecule has 0 heterocycles. The molecule has 0 N–H and O–H groups in total. The molecular weight excluding hydrogens is 202 g/mol. The van der Waals surface area contributed by atoms with Crippen LogP contribution in [-0.4, -0.2) is 12.2 Å². The van der Waals surface area contributed by atoms with Crippen LogP contribution in [0.25, 0.3) is 0 Å². The summed E-state index contributed by atoms with van der Waals surface area (Å²) in [4.78, 5) is 0. The zero-order chi connectivity index (χ0) is 12.1. The molecule has 0 spiro atoms. The number of hydrogen-bond acceptors (Lipinski definition) is 3. The van der Waals surface area contributed by atoms with Crippen LogP contribution in [0.15, 0.2) is 18.2 Å². The fourth-order valence-corrected chi connectivity index (χ4v) is 1.30. The van der Waals surface area contributed by atoms with Gasteiger partial charge >= 0.3 is 0 Å². The van der Waals surface area contributed by atoms with Crippen molar-refractivity contribution < 1.29 is 9.47 Å². The summed E-state index contributed by atoms with van der Waals surface area (Å²) >= 11 is 0. The predicted molar refractivity (Wildman–Crippen MR) is 62.7 cm³/mol. The Hall–Kier alpha value is -1.69. The van der Waals surface area contributed by atoms with Crippen LogP contribution < -0.4 is 9.47 Å². The first kappa shape index (κ1) is 12.4. The molecular formula is C13H17NO2. The normalized spacial score (nSPS) is 10.3. The van der Waals surface area contributed by atoms with E-state index in [4.69, 9.17) is 14.7 Å². The lowest BCUT2D eigenvalue weighted by molar-refractivity contribution is 0.234. The second kappa shape index (κ2) is 5.41. The van der Waals surface area contributed by atoms with E-state index in [2.05, 4.69) is 6.07 Å². The maximum Gasteiger partial charge on any atom is 0.137 e.